The third-order valence-electron chi connectivity index (χ3n) is 4.91. The van der Waals surface area contributed by atoms with Crippen LogP contribution in [0.1, 0.15) is 43.2 Å². The van der Waals surface area contributed by atoms with Gasteiger partial charge >= 0.3 is 0 Å². The molecule has 1 aliphatic heterocycles. The third kappa shape index (κ3) is 2.31. The van der Waals surface area contributed by atoms with E-state index in [2.05, 4.69) is 57.6 Å². The lowest BCUT2D eigenvalue weighted by atomic mass is 9.90. The van der Waals surface area contributed by atoms with Gasteiger partial charge in [0.1, 0.15) is 0 Å². The number of anilines is 1. The molecule has 108 valence electrons. The van der Waals surface area contributed by atoms with Gasteiger partial charge in [0.05, 0.1) is 0 Å². The van der Waals surface area contributed by atoms with Crippen LogP contribution in [0, 0.1) is 0 Å². The maximum Gasteiger partial charge on any atom is 0.225 e. The Balaban J connectivity index is 1.59. The summed E-state index contributed by atoms with van der Waals surface area (Å²) in [5, 5.41) is 0. The maximum absolute atomic E-state index is 4.65. The van der Waals surface area contributed by atoms with Gasteiger partial charge in [0.25, 0.3) is 0 Å². The molecule has 0 unspecified atom stereocenters. The fraction of sp³-hybridized carbons (Fsp3) is 0.444. The molecule has 3 heteroatoms. The van der Waals surface area contributed by atoms with Crippen LogP contribution in [0.3, 0.4) is 0 Å². The molecule has 3 nitrogen and oxygen atoms in total. The zero-order valence-corrected chi connectivity index (χ0v) is 12.3. The van der Waals surface area contributed by atoms with Gasteiger partial charge in [0, 0.05) is 30.9 Å². The molecular formula is C18H21N3. The van der Waals surface area contributed by atoms with E-state index in [0.29, 0.717) is 0 Å². The first-order valence-electron chi connectivity index (χ1n) is 8.01. The van der Waals surface area contributed by atoms with Crippen molar-refractivity contribution < 1.29 is 0 Å². The van der Waals surface area contributed by atoms with E-state index in [1.54, 1.807) is 0 Å². The molecule has 21 heavy (non-hydrogen) atoms. The van der Waals surface area contributed by atoms with Crippen molar-refractivity contribution in [3.05, 3.63) is 53.9 Å². The molecule has 0 bridgehead atoms. The van der Waals surface area contributed by atoms with E-state index in [9.17, 15) is 0 Å². The van der Waals surface area contributed by atoms with E-state index in [0.717, 1.165) is 19.0 Å². The first-order valence-corrected chi connectivity index (χ1v) is 8.01. The number of nitrogens with zero attached hydrogens (tertiary/aromatic N) is 3. The quantitative estimate of drug-likeness (QED) is 0.860. The minimum Gasteiger partial charge on any atom is -0.341 e. The minimum atomic E-state index is 0.182. The summed E-state index contributed by atoms with van der Waals surface area (Å²) in [7, 11) is 0. The lowest BCUT2D eigenvalue weighted by Gasteiger charge is -2.27. The number of piperidine rings is 1. The smallest absolute Gasteiger partial charge is 0.225 e. The highest BCUT2D eigenvalue weighted by Crippen LogP contribution is 2.53. The third-order valence-corrected chi connectivity index (χ3v) is 4.91. The van der Waals surface area contributed by atoms with E-state index < -0.39 is 0 Å². The van der Waals surface area contributed by atoms with Crippen LogP contribution in [0.2, 0.25) is 0 Å². The predicted molar refractivity (Wildman–Crippen MR) is 84.6 cm³/mol. The molecule has 2 aliphatic rings. The van der Waals surface area contributed by atoms with Crippen molar-refractivity contribution in [1.29, 1.82) is 0 Å². The zero-order valence-electron chi connectivity index (χ0n) is 12.3. The van der Waals surface area contributed by atoms with E-state index in [1.807, 2.05) is 0 Å². The average Bonchev–Trinajstić information content (AvgIpc) is 3.39. The first kappa shape index (κ1) is 12.8. The Hall–Kier alpha value is -1.90. The monoisotopic (exact) mass is 279 g/mol. The zero-order chi connectivity index (χ0) is 14.1. The number of rotatable bonds is 3. The Bertz CT molecular complexity index is 596. The molecule has 1 aliphatic carbocycles. The Morgan fingerprint density at radius 1 is 0.810 bits per heavy atom. The highest BCUT2D eigenvalue weighted by molar-refractivity contribution is 5.44. The average molecular weight is 279 g/mol. The van der Waals surface area contributed by atoms with E-state index in [4.69, 9.17) is 0 Å². The Kier molecular flexibility index (Phi) is 3.13. The molecular weight excluding hydrogens is 258 g/mol. The van der Waals surface area contributed by atoms with E-state index in [-0.39, 0.29) is 5.41 Å². The van der Waals surface area contributed by atoms with Gasteiger partial charge < -0.3 is 4.90 Å². The molecule has 1 saturated heterocycles. The van der Waals surface area contributed by atoms with Gasteiger partial charge in [-0.25, -0.2) is 9.97 Å². The molecule has 2 aromatic rings. The summed E-state index contributed by atoms with van der Waals surface area (Å²) < 4.78 is 0. The van der Waals surface area contributed by atoms with Gasteiger partial charge in [0.2, 0.25) is 5.95 Å². The normalized spacial score (nSPS) is 20.3. The van der Waals surface area contributed by atoms with Crippen molar-refractivity contribution in [3.8, 4) is 0 Å². The van der Waals surface area contributed by atoms with Gasteiger partial charge in [-0.15, -0.1) is 0 Å². The number of hydrogen-bond acceptors (Lipinski definition) is 3. The van der Waals surface area contributed by atoms with E-state index >= 15 is 0 Å². The highest BCUT2D eigenvalue weighted by atomic mass is 15.2. The van der Waals surface area contributed by atoms with Crippen LogP contribution in [-0.4, -0.2) is 23.1 Å². The lowest BCUT2D eigenvalue weighted by Crippen LogP contribution is -2.31. The molecule has 0 amide bonds. The summed E-state index contributed by atoms with van der Waals surface area (Å²) in [6.45, 7) is 2.20. The van der Waals surface area contributed by atoms with E-state index in [1.165, 1.54) is 43.2 Å². The molecule has 2 fully saturated rings. The Morgan fingerprint density at radius 2 is 1.48 bits per heavy atom. The van der Waals surface area contributed by atoms with Crippen molar-refractivity contribution >= 4 is 5.95 Å². The van der Waals surface area contributed by atoms with Gasteiger partial charge in [-0.2, -0.15) is 0 Å². The second-order valence-electron chi connectivity index (χ2n) is 6.27. The van der Waals surface area contributed by atoms with Crippen LogP contribution in [0.5, 0.6) is 0 Å². The second-order valence-corrected chi connectivity index (χ2v) is 6.27. The van der Waals surface area contributed by atoms with Gasteiger partial charge in [-0.3, -0.25) is 0 Å². The second kappa shape index (κ2) is 5.14. The summed E-state index contributed by atoms with van der Waals surface area (Å²) in [4.78, 5) is 11.6. The fourth-order valence-corrected chi connectivity index (χ4v) is 3.45. The number of aromatic nitrogens is 2. The maximum atomic E-state index is 4.65. The topological polar surface area (TPSA) is 29.0 Å². The van der Waals surface area contributed by atoms with Crippen LogP contribution >= 0.6 is 0 Å². The summed E-state index contributed by atoms with van der Waals surface area (Å²) >= 11 is 0. The van der Waals surface area contributed by atoms with Gasteiger partial charge in [-0.1, -0.05) is 30.3 Å². The Morgan fingerprint density at radius 3 is 2.10 bits per heavy atom. The van der Waals surface area contributed by atoms with Crippen molar-refractivity contribution in [2.75, 3.05) is 18.0 Å². The van der Waals surface area contributed by atoms with Crippen molar-refractivity contribution in [2.24, 2.45) is 0 Å². The minimum absolute atomic E-state index is 0.182. The Labute approximate surface area is 126 Å². The van der Waals surface area contributed by atoms with Gasteiger partial charge in [0.15, 0.2) is 0 Å². The van der Waals surface area contributed by atoms with Crippen LogP contribution in [0.25, 0.3) is 0 Å². The summed E-state index contributed by atoms with van der Waals surface area (Å²) in [6.07, 6.45) is 10.4. The molecule has 1 aromatic heterocycles. The van der Waals surface area contributed by atoms with Crippen LogP contribution in [0.4, 0.5) is 5.95 Å². The standard InChI is InChI=1S/C18H21N3/c1-3-7-15(8-4-1)18(9-10-18)16-13-19-17(20-14-16)21-11-5-2-6-12-21/h1,3-4,7-8,13-14H,2,5-6,9-12H2. The molecule has 0 N–H and O–H groups in total. The molecule has 0 atom stereocenters. The number of hydrogen-bond donors (Lipinski definition) is 0. The van der Waals surface area contributed by atoms with Gasteiger partial charge in [-0.05, 0) is 43.2 Å². The van der Waals surface area contributed by atoms with Crippen LogP contribution in [0.15, 0.2) is 42.7 Å². The summed E-state index contributed by atoms with van der Waals surface area (Å²) in [5.74, 6) is 0.905. The van der Waals surface area contributed by atoms with Crippen LogP contribution in [-0.2, 0) is 5.41 Å². The largest absolute Gasteiger partial charge is 0.341 e. The van der Waals surface area contributed by atoms with Crippen molar-refractivity contribution in [1.82, 2.24) is 9.97 Å². The molecule has 0 radical (unpaired) electrons. The SMILES string of the molecule is c1ccc(C2(c3cnc(N4CCCCC4)nc3)CC2)cc1. The van der Waals surface area contributed by atoms with Crippen molar-refractivity contribution in [2.45, 2.75) is 37.5 Å². The molecule has 1 saturated carbocycles. The van der Waals surface area contributed by atoms with Crippen molar-refractivity contribution in [3.63, 3.8) is 0 Å². The molecule has 2 heterocycles. The molecule has 4 rings (SSSR count). The molecule has 0 spiro atoms. The highest BCUT2D eigenvalue weighted by Gasteiger charge is 2.46. The molecule has 1 aromatic carbocycles. The first-order chi connectivity index (χ1) is 10.4. The summed E-state index contributed by atoms with van der Waals surface area (Å²) in [5.41, 5.74) is 2.86. The number of benzene rings is 1. The predicted octanol–water partition coefficient (Wildman–Crippen LogP) is 3.55. The fourth-order valence-electron chi connectivity index (χ4n) is 3.45. The van der Waals surface area contributed by atoms with Crippen LogP contribution < -0.4 is 4.90 Å². The lowest BCUT2D eigenvalue weighted by molar-refractivity contribution is 0.567. The summed E-state index contributed by atoms with van der Waals surface area (Å²) in [6, 6.07) is 10.8.